The third-order valence-electron chi connectivity index (χ3n) is 4.47. The van der Waals surface area contributed by atoms with Crippen LogP contribution in [0.2, 0.25) is 0 Å². The lowest BCUT2D eigenvalue weighted by Crippen LogP contribution is -2.52. The number of hydrogen-bond donors (Lipinski definition) is 2. The van der Waals surface area contributed by atoms with Crippen molar-refractivity contribution in [2.24, 2.45) is 0 Å². The van der Waals surface area contributed by atoms with Crippen LogP contribution in [-0.4, -0.2) is 53.4 Å². The van der Waals surface area contributed by atoms with E-state index in [2.05, 4.69) is 23.9 Å². The molecule has 3 rings (SSSR count). The Labute approximate surface area is 124 Å². The summed E-state index contributed by atoms with van der Waals surface area (Å²) in [7, 11) is 2.13. The van der Waals surface area contributed by atoms with Gasteiger partial charge in [-0.15, -0.1) is 0 Å². The molecule has 1 aliphatic heterocycles. The second-order valence-electron chi connectivity index (χ2n) is 5.80. The number of nitrogen functional groups attached to an aromatic ring is 1. The molecule has 1 amide bonds. The van der Waals surface area contributed by atoms with E-state index in [0.717, 1.165) is 42.5 Å². The van der Waals surface area contributed by atoms with Crippen molar-refractivity contribution in [3.05, 3.63) is 30.0 Å². The standard InChI is InChI=1S/C16H22N4O/c1-3-12-10-20(7-6-19(12)2)16(21)14-9-18-15-8-11(17)4-5-13(14)15/h4-5,8-9,12,18H,3,6-7,10,17H2,1-2H3. The first-order valence-corrected chi connectivity index (χ1v) is 7.46. The van der Waals surface area contributed by atoms with Gasteiger partial charge in [0.1, 0.15) is 0 Å². The van der Waals surface area contributed by atoms with Gasteiger partial charge < -0.3 is 15.6 Å². The number of carbonyl (C=O) groups is 1. The van der Waals surface area contributed by atoms with E-state index in [1.54, 1.807) is 6.20 Å². The van der Waals surface area contributed by atoms with Crippen LogP contribution >= 0.6 is 0 Å². The van der Waals surface area contributed by atoms with Crippen LogP contribution in [-0.2, 0) is 0 Å². The highest BCUT2D eigenvalue weighted by atomic mass is 16.2. The monoisotopic (exact) mass is 286 g/mol. The van der Waals surface area contributed by atoms with Crippen molar-refractivity contribution in [1.29, 1.82) is 0 Å². The molecule has 1 aliphatic rings. The molecule has 2 aromatic rings. The van der Waals surface area contributed by atoms with E-state index < -0.39 is 0 Å². The number of amides is 1. The van der Waals surface area contributed by atoms with Gasteiger partial charge in [0.25, 0.3) is 5.91 Å². The molecule has 112 valence electrons. The van der Waals surface area contributed by atoms with Crippen LogP contribution in [0, 0.1) is 0 Å². The number of hydrogen-bond acceptors (Lipinski definition) is 3. The lowest BCUT2D eigenvalue weighted by atomic mass is 10.1. The lowest BCUT2D eigenvalue weighted by molar-refractivity contribution is 0.0544. The minimum absolute atomic E-state index is 0.109. The van der Waals surface area contributed by atoms with Crippen LogP contribution in [0.5, 0.6) is 0 Å². The Balaban J connectivity index is 1.87. The van der Waals surface area contributed by atoms with Crippen LogP contribution in [0.3, 0.4) is 0 Å². The lowest BCUT2D eigenvalue weighted by Gasteiger charge is -2.39. The SMILES string of the molecule is CCC1CN(C(=O)c2c[nH]c3cc(N)ccc23)CCN1C. The highest BCUT2D eigenvalue weighted by molar-refractivity contribution is 6.07. The van der Waals surface area contributed by atoms with Gasteiger partial charge in [-0.05, 0) is 31.7 Å². The summed E-state index contributed by atoms with van der Waals surface area (Å²) in [6.45, 7) is 4.68. The Bertz CT molecular complexity index is 663. The van der Waals surface area contributed by atoms with Crippen molar-refractivity contribution in [3.63, 3.8) is 0 Å². The number of rotatable bonds is 2. The third kappa shape index (κ3) is 2.49. The third-order valence-corrected chi connectivity index (χ3v) is 4.47. The van der Waals surface area contributed by atoms with Crippen molar-refractivity contribution < 1.29 is 4.79 Å². The number of benzene rings is 1. The van der Waals surface area contributed by atoms with E-state index in [4.69, 9.17) is 5.73 Å². The Morgan fingerprint density at radius 3 is 3.00 bits per heavy atom. The number of anilines is 1. The minimum Gasteiger partial charge on any atom is -0.399 e. The molecule has 1 aromatic heterocycles. The van der Waals surface area contributed by atoms with Crippen molar-refractivity contribution >= 4 is 22.5 Å². The van der Waals surface area contributed by atoms with Crippen LogP contribution < -0.4 is 5.73 Å². The number of aromatic amines is 1. The molecular weight excluding hydrogens is 264 g/mol. The maximum Gasteiger partial charge on any atom is 0.256 e. The van der Waals surface area contributed by atoms with Gasteiger partial charge in [0.05, 0.1) is 5.56 Å². The normalized spacial score (nSPS) is 20.1. The second kappa shape index (κ2) is 5.41. The van der Waals surface area contributed by atoms with Gasteiger partial charge in [-0.2, -0.15) is 0 Å². The number of fused-ring (bicyclic) bond motifs is 1. The summed E-state index contributed by atoms with van der Waals surface area (Å²) >= 11 is 0. The minimum atomic E-state index is 0.109. The summed E-state index contributed by atoms with van der Waals surface area (Å²) in [6, 6.07) is 6.07. The molecule has 1 saturated heterocycles. The van der Waals surface area contributed by atoms with Gasteiger partial charge in [-0.3, -0.25) is 9.69 Å². The van der Waals surface area contributed by atoms with Crippen molar-refractivity contribution in [3.8, 4) is 0 Å². The summed E-state index contributed by atoms with van der Waals surface area (Å²) in [4.78, 5) is 20.2. The van der Waals surface area contributed by atoms with E-state index in [0.29, 0.717) is 11.7 Å². The van der Waals surface area contributed by atoms with Crippen molar-refractivity contribution in [2.45, 2.75) is 19.4 Å². The predicted molar refractivity (Wildman–Crippen MR) is 85.3 cm³/mol. The number of nitrogens with one attached hydrogen (secondary N) is 1. The number of nitrogens with two attached hydrogens (primary N) is 1. The molecule has 3 N–H and O–H groups in total. The molecule has 0 saturated carbocycles. The molecule has 0 radical (unpaired) electrons. The Kier molecular flexibility index (Phi) is 3.59. The van der Waals surface area contributed by atoms with E-state index in [9.17, 15) is 4.79 Å². The quantitative estimate of drug-likeness (QED) is 0.829. The largest absolute Gasteiger partial charge is 0.399 e. The number of aromatic nitrogens is 1. The van der Waals surface area contributed by atoms with Crippen molar-refractivity contribution in [2.75, 3.05) is 32.4 Å². The zero-order valence-electron chi connectivity index (χ0n) is 12.6. The molecule has 0 spiro atoms. The topological polar surface area (TPSA) is 65.4 Å². The van der Waals surface area contributed by atoms with E-state index in [1.165, 1.54) is 0 Å². The first kappa shape index (κ1) is 13.9. The zero-order valence-corrected chi connectivity index (χ0v) is 12.6. The highest BCUT2D eigenvalue weighted by Crippen LogP contribution is 2.23. The van der Waals surface area contributed by atoms with Crippen molar-refractivity contribution in [1.82, 2.24) is 14.8 Å². The molecule has 0 aliphatic carbocycles. The highest BCUT2D eigenvalue weighted by Gasteiger charge is 2.27. The first-order valence-electron chi connectivity index (χ1n) is 7.46. The molecule has 5 heteroatoms. The van der Waals surface area contributed by atoms with E-state index in [1.807, 2.05) is 23.1 Å². The van der Waals surface area contributed by atoms with Gasteiger partial charge >= 0.3 is 0 Å². The molecule has 5 nitrogen and oxygen atoms in total. The maximum absolute atomic E-state index is 12.8. The fourth-order valence-corrected chi connectivity index (χ4v) is 3.06. The predicted octanol–water partition coefficient (Wildman–Crippen LogP) is 1.92. The summed E-state index contributed by atoms with van der Waals surface area (Å²) < 4.78 is 0. The summed E-state index contributed by atoms with van der Waals surface area (Å²) in [5, 5.41) is 0.946. The van der Waals surface area contributed by atoms with Crippen LogP contribution in [0.4, 0.5) is 5.69 Å². The Hall–Kier alpha value is -2.01. The fourth-order valence-electron chi connectivity index (χ4n) is 3.06. The molecule has 1 unspecified atom stereocenters. The fraction of sp³-hybridized carbons (Fsp3) is 0.438. The zero-order chi connectivity index (χ0) is 15.0. The molecular formula is C16H22N4O. The number of carbonyl (C=O) groups excluding carboxylic acids is 1. The van der Waals surface area contributed by atoms with E-state index >= 15 is 0 Å². The molecule has 2 heterocycles. The first-order chi connectivity index (χ1) is 10.1. The van der Waals surface area contributed by atoms with Gasteiger partial charge in [0, 0.05) is 48.5 Å². The Morgan fingerprint density at radius 2 is 2.24 bits per heavy atom. The van der Waals surface area contributed by atoms with Crippen LogP contribution in [0.15, 0.2) is 24.4 Å². The van der Waals surface area contributed by atoms with E-state index in [-0.39, 0.29) is 5.91 Å². The van der Waals surface area contributed by atoms with Gasteiger partial charge in [-0.25, -0.2) is 0 Å². The van der Waals surface area contributed by atoms with Gasteiger partial charge in [0.15, 0.2) is 0 Å². The smallest absolute Gasteiger partial charge is 0.256 e. The molecule has 1 atom stereocenters. The van der Waals surface area contributed by atoms with Crippen LogP contribution in [0.25, 0.3) is 10.9 Å². The average Bonchev–Trinajstić information content (AvgIpc) is 2.89. The van der Waals surface area contributed by atoms with Gasteiger partial charge in [0.2, 0.25) is 0 Å². The number of H-pyrrole nitrogens is 1. The average molecular weight is 286 g/mol. The molecule has 1 aromatic carbocycles. The second-order valence-corrected chi connectivity index (χ2v) is 5.80. The number of likely N-dealkylation sites (N-methyl/N-ethyl adjacent to an activating group) is 1. The summed E-state index contributed by atoms with van der Waals surface area (Å²) in [6.07, 6.45) is 2.86. The van der Waals surface area contributed by atoms with Gasteiger partial charge in [-0.1, -0.05) is 6.92 Å². The molecule has 0 bridgehead atoms. The number of piperazine rings is 1. The maximum atomic E-state index is 12.8. The molecule has 21 heavy (non-hydrogen) atoms. The summed E-state index contributed by atoms with van der Waals surface area (Å²) in [5.74, 6) is 0.109. The number of nitrogens with zero attached hydrogens (tertiary/aromatic N) is 2. The summed E-state index contributed by atoms with van der Waals surface area (Å²) in [5.41, 5.74) is 8.14. The van der Waals surface area contributed by atoms with Crippen LogP contribution in [0.1, 0.15) is 23.7 Å². The Morgan fingerprint density at radius 1 is 1.43 bits per heavy atom. The molecule has 1 fully saturated rings.